The van der Waals surface area contributed by atoms with Crippen LogP contribution in [0.25, 0.3) is 0 Å². The van der Waals surface area contributed by atoms with Crippen molar-refractivity contribution in [1.29, 1.82) is 0 Å². The van der Waals surface area contributed by atoms with Gasteiger partial charge in [0.1, 0.15) is 11.6 Å². The van der Waals surface area contributed by atoms with Gasteiger partial charge in [-0.3, -0.25) is 4.90 Å². The first-order valence-corrected chi connectivity index (χ1v) is 7.78. The number of carbonyl (C=O) groups excluding carboxylic acids is 3. The summed E-state index contributed by atoms with van der Waals surface area (Å²) < 4.78 is 33.0. The van der Waals surface area contributed by atoms with Crippen LogP contribution in [-0.4, -0.2) is 36.5 Å². The Morgan fingerprint density at radius 3 is 2.46 bits per heavy atom. The molecule has 9 heteroatoms. The molecule has 7 nitrogen and oxygen atoms in total. The molecule has 2 rings (SSSR count). The molecule has 26 heavy (non-hydrogen) atoms. The lowest BCUT2D eigenvalue weighted by molar-refractivity contribution is -0.305. The molecule has 0 unspecified atom stereocenters. The van der Waals surface area contributed by atoms with E-state index in [0.717, 1.165) is 24.1 Å². The van der Waals surface area contributed by atoms with Crippen LogP contribution in [0.5, 0.6) is 0 Å². The standard InChI is InChI=1S/C17H18F2N2O5/c1-9-13(16(24)26-2)15(14-10(18)5-3-6-11(14)19)20-17(25)21(9)8-4-7-12(22)23/h3,5-6,15H,4,7-8H2,1-2H3,(H,20,25)(H,22,23)/p-1/t15-/m0/s1. The lowest BCUT2D eigenvalue weighted by Crippen LogP contribution is -2.48. The van der Waals surface area contributed by atoms with E-state index in [9.17, 15) is 28.3 Å². The number of ether oxygens (including phenoxy) is 1. The number of halogens is 2. The van der Waals surface area contributed by atoms with Gasteiger partial charge in [-0.15, -0.1) is 0 Å². The Bertz CT molecular complexity index is 758. The summed E-state index contributed by atoms with van der Waals surface area (Å²) in [5.74, 6) is -3.98. The van der Waals surface area contributed by atoms with Gasteiger partial charge in [-0.1, -0.05) is 6.07 Å². The number of allylic oxidation sites excluding steroid dienone is 1. The van der Waals surface area contributed by atoms with Crippen LogP contribution in [0.2, 0.25) is 0 Å². The van der Waals surface area contributed by atoms with Crippen molar-refractivity contribution in [1.82, 2.24) is 10.2 Å². The summed E-state index contributed by atoms with van der Waals surface area (Å²) in [6.45, 7) is 1.41. The number of nitrogens with one attached hydrogen (secondary N) is 1. The largest absolute Gasteiger partial charge is 0.550 e. The molecule has 1 aromatic carbocycles. The molecule has 0 spiro atoms. The number of hydrogen-bond acceptors (Lipinski definition) is 5. The lowest BCUT2D eigenvalue weighted by atomic mass is 9.94. The van der Waals surface area contributed by atoms with Crippen LogP contribution in [-0.2, 0) is 14.3 Å². The van der Waals surface area contributed by atoms with E-state index in [2.05, 4.69) is 5.32 Å². The van der Waals surface area contributed by atoms with Crippen LogP contribution in [0.15, 0.2) is 29.5 Å². The van der Waals surface area contributed by atoms with Crippen LogP contribution in [0, 0.1) is 11.6 Å². The molecular weight excluding hydrogens is 350 g/mol. The Hall–Kier alpha value is -2.97. The minimum absolute atomic E-state index is 0.0153. The summed E-state index contributed by atoms with van der Waals surface area (Å²) in [6, 6.07) is 1.12. The highest BCUT2D eigenvalue weighted by Crippen LogP contribution is 2.34. The predicted molar refractivity (Wildman–Crippen MR) is 83.3 cm³/mol. The van der Waals surface area contributed by atoms with Gasteiger partial charge in [0.05, 0.1) is 24.3 Å². The van der Waals surface area contributed by atoms with Crippen LogP contribution < -0.4 is 10.4 Å². The molecule has 1 aliphatic heterocycles. The Morgan fingerprint density at radius 2 is 1.92 bits per heavy atom. The molecule has 1 atom stereocenters. The van der Waals surface area contributed by atoms with Crippen LogP contribution in [0.1, 0.15) is 31.4 Å². The van der Waals surface area contributed by atoms with Gasteiger partial charge in [0.2, 0.25) is 0 Å². The second-order valence-corrected chi connectivity index (χ2v) is 5.64. The molecule has 0 aliphatic carbocycles. The quantitative estimate of drug-likeness (QED) is 0.757. The average Bonchev–Trinajstić information content (AvgIpc) is 2.56. The minimum atomic E-state index is -1.37. The van der Waals surface area contributed by atoms with Crippen LogP contribution >= 0.6 is 0 Å². The van der Waals surface area contributed by atoms with Crippen molar-refractivity contribution in [3.63, 3.8) is 0 Å². The zero-order chi connectivity index (χ0) is 19.4. The van der Waals surface area contributed by atoms with Gasteiger partial charge < -0.3 is 20.0 Å². The maximum Gasteiger partial charge on any atom is 0.337 e. The second kappa shape index (κ2) is 7.94. The normalized spacial score (nSPS) is 17.2. The van der Waals surface area contributed by atoms with E-state index in [1.165, 1.54) is 13.0 Å². The molecule has 2 amide bonds. The monoisotopic (exact) mass is 367 g/mol. The van der Waals surface area contributed by atoms with Crippen LogP contribution in [0.3, 0.4) is 0 Å². The summed E-state index contributed by atoms with van der Waals surface area (Å²) in [7, 11) is 1.11. The third-order valence-corrected chi connectivity index (χ3v) is 4.05. The number of urea groups is 1. The predicted octanol–water partition coefficient (Wildman–Crippen LogP) is 1.01. The highest BCUT2D eigenvalue weighted by molar-refractivity contribution is 5.95. The molecule has 0 aromatic heterocycles. The van der Waals surface area contributed by atoms with E-state index < -0.39 is 41.2 Å². The fraction of sp³-hybridized carbons (Fsp3) is 0.353. The maximum atomic E-state index is 14.2. The van der Waals surface area contributed by atoms with Gasteiger partial charge in [-0.05, 0) is 31.9 Å². The van der Waals surface area contributed by atoms with E-state index in [1.807, 2.05) is 0 Å². The molecule has 0 radical (unpaired) electrons. The molecular formula is C17H17F2N2O5-. The molecule has 0 saturated heterocycles. The van der Waals surface area contributed by atoms with Gasteiger partial charge in [0.15, 0.2) is 0 Å². The topological polar surface area (TPSA) is 98.8 Å². The summed E-state index contributed by atoms with van der Waals surface area (Å²) in [5.41, 5.74) is -0.480. The summed E-state index contributed by atoms with van der Waals surface area (Å²) in [5, 5.41) is 12.9. The van der Waals surface area contributed by atoms with E-state index in [-0.39, 0.29) is 30.7 Å². The van der Waals surface area contributed by atoms with Gasteiger partial charge in [-0.25, -0.2) is 18.4 Å². The molecule has 0 bridgehead atoms. The Balaban J connectivity index is 2.48. The fourth-order valence-electron chi connectivity index (χ4n) is 2.81. The van der Waals surface area contributed by atoms with Crippen molar-refractivity contribution in [2.45, 2.75) is 25.8 Å². The first kappa shape index (κ1) is 19.4. The van der Waals surface area contributed by atoms with E-state index in [4.69, 9.17) is 4.74 Å². The summed E-state index contributed by atoms with van der Waals surface area (Å²) >= 11 is 0. The highest BCUT2D eigenvalue weighted by Gasteiger charge is 2.38. The fourth-order valence-corrected chi connectivity index (χ4v) is 2.81. The number of carboxylic acid groups (broad SMARTS) is 1. The third kappa shape index (κ3) is 3.81. The maximum absolute atomic E-state index is 14.2. The van der Waals surface area contributed by atoms with Crippen molar-refractivity contribution in [3.8, 4) is 0 Å². The number of nitrogens with zero attached hydrogens (tertiary/aromatic N) is 1. The number of methoxy groups -OCH3 is 1. The van der Waals surface area contributed by atoms with Gasteiger partial charge in [-0.2, -0.15) is 0 Å². The van der Waals surface area contributed by atoms with Crippen molar-refractivity contribution in [3.05, 3.63) is 46.7 Å². The molecule has 1 N–H and O–H groups in total. The molecule has 1 aromatic rings. The van der Waals surface area contributed by atoms with Crippen molar-refractivity contribution in [2.24, 2.45) is 0 Å². The highest BCUT2D eigenvalue weighted by atomic mass is 19.1. The molecule has 0 saturated carbocycles. The van der Waals surface area contributed by atoms with Gasteiger partial charge in [0.25, 0.3) is 0 Å². The number of benzene rings is 1. The second-order valence-electron chi connectivity index (χ2n) is 5.64. The first-order valence-electron chi connectivity index (χ1n) is 7.78. The van der Waals surface area contributed by atoms with E-state index >= 15 is 0 Å². The number of aliphatic carboxylic acids is 1. The first-order chi connectivity index (χ1) is 12.3. The Kier molecular flexibility index (Phi) is 5.91. The SMILES string of the molecule is COC(=O)C1=C(C)N(CCCC(=O)[O-])C(=O)N[C@@H]1c1c(F)cccc1F. The van der Waals surface area contributed by atoms with Gasteiger partial charge in [0, 0.05) is 18.2 Å². The summed E-state index contributed by atoms with van der Waals surface area (Å²) in [4.78, 5) is 36.2. The number of amides is 2. The van der Waals surface area contributed by atoms with Crippen LogP contribution in [0.4, 0.5) is 13.6 Å². The zero-order valence-corrected chi connectivity index (χ0v) is 14.2. The number of esters is 1. The summed E-state index contributed by atoms with van der Waals surface area (Å²) in [6.07, 6.45) is -0.198. The van der Waals surface area contributed by atoms with Crippen molar-refractivity contribution < 1.29 is 33.0 Å². The average molecular weight is 367 g/mol. The molecule has 1 aliphatic rings. The molecule has 140 valence electrons. The Morgan fingerprint density at radius 1 is 1.31 bits per heavy atom. The lowest BCUT2D eigenvalue weighted by Gasteiger charge is -2.35. The zero-order valence-electron chi connectivity index (χ0n) is 14.2. The number of hydrogen-bond donors (Lipinski definition) is 1. The molecule has 0 fully saturated rings. The number of rotatable bonds is 6. The van der Waals surface area contributed by atoms with E-state index in [1.54, 1.807) is 0 Å². The van der Waals surface area contributed by atoms with E-state index in [0.29, 0.717) is 0 Å². The molecule has 1 heterocycles. The Labute approximate surface area is 148 Å². The van der Waals surface area contributed by atoms with Crippen molar-refractivity contribution >= 4 is 18.0 Å². The smallest absolute Gasteiger partial charge is 0.337 e. The third-order valence-electron chi connectivity index (χ3n) is 4.05. The minimum Gasteiger partial charge on any atom is -0.550 e. The van der Waals surface area contributed by atoms with Crippen molar-refractivity contribution in [2.75, 3.05) is 13.7 Å². The van der Waals surface area contributed by atoms with Gasteiger partial charge >= 0.3 is 12.0 Å². The number of carboxylic acids is 1. The number of carbonyl (C=O) groups is 3.